The molecule has 1 heterocycles. The average molecular weight is 348 g/mol. The van der Waals surface area contributed by atoms with Crippen molar-refractivity contribution in [2.24, 2.45) is 0 Å². The third kappa shape index (κ3) is 3.85. The predicted molar refractivity (Wildman–Crippen MR) is 106 cm³/mol. The van der Waals surface area contributed by atoms with Crippen molar-refractivity contribution in [3.05, 3.63) is 59.7 Å². The Hall–Kier alpha value is -2.88. The van der Waals surface area contributed by atoms with Gasteiger partial charge in [-0.25, -0.2) is 4.98 Å². The van der Waals surface area contributed by atoms with Gasteiger partial charge in [-0.15, -0.1) is 0 Å². The number of nitrogens with one attached hydrogen (secondary N) is 1. The average Bonchev–Trinajstić information content (AvgIpc) is 2.67. The molecule has 4 heteroatoms. The summed E-state index contributed by atoms with van der Waals surface area (Å²) < 4.78 is 5.32. The van der Waals surface area contributed by atoms with Gasteiger partial charge in [-0.2, -0.15) is 0 Å². The van der Waals surface area contributed by atoms with Crippen molar-refractivity contribution < 1.29 is 9.53 Å². The minimum absolute atomic E-state index is 0.0550. The van der Waals surface area contributed by atoms with Crippen molar-refractivity contribution in [3.8, 4) is 17.0 Å². The molecule has 3 rings (SSSR count). The number of unbranched alkanes of at least 4 members (excludes halogenated alkanes) is 1. The molecule has 1 aromatic heterocycles. The van der Waals surface area contributed by atoms with E-state index in [1.807, 2.05) is 55.5 Å². The number of rotatable bonds is 6. The Morgan fingerprint density at radius 2 is 2.00 bits per heavy atom. The minimum atomic E-state index is -0.0550. The van der Waals surface area contributed by atoms with E-state index < -0.39 is 0 Å². The summed E-state index contributed by atoms with van der Waals surface area (Å²) in [6.07, 6.45) is 2.02. The molecule has 0 atom stereocenters. The molecule has 0 aliphatic heterocycles. The normalized spacial score (nSPS) is 10.7. The predicted octanol–water partition coefficient (Wildman–Crippen LogP) is 4.75. The molecule has 0 spiro atoms. The van der Waals surface area contributed by atoms with Gasteiger partial charge in [-0.1, -0.05) is 37.1 Å². The number of methoxy groups -OCH3 is 1. The molecule has 0 radical (unpaired) electrons. The molecule has 26 heavy (non-hydrogen) atoms. The summed E-state index contributed by atoms with van der Waals surface area (Å²) in [7, 11) is 1.64. The van der Waals surface area contributed by atoms with Gasteiger partial charge < -0.3 is 10.1 Å². The molecule has 1 amide bonds. The molecule has 2 aromatic carbocycles. The fourth-order valence-electron chi connectivity index (χ4n) is 2.93. The second-order valence-electron chi connectivity index (χ2n) is 6.42. The smallest absolute Gasteiger partial charge is 0.252 e. The van der Waals surface area contributed by atoms with Crippen LogP contribution < -0.4 is 10.1 Å². The fraction of sp³-hybridized carbons (Fsp3) is 0.273. The summed E-state index contributed by atoms with van der Waals surface area (Å²) >= 11 is 0. The molecule has 3 aromatic rings. The Labute approximate surface area is 154 Å². The SMILES string of the molecule is CCCCNC(=O)c1cc(-c2cccc(OC)c2)nc2ccc(C)cc12. The van der Waals surface area contributed by atoms with Gasteiger partial charge in [0.15, 0.2) is 0 Å². The molecule has 0 saturated carbocycles. The van der Waals surface area contributed by atoms with Crippen LogP contribution in [-0.4, -0.2) is 24.5 Å². The highest BCUT2D eigenvalue weighted by Gasteiger charge is 2.14. The summed E-state index contributed by atoms with van der Waals surface area (Å²) in [6, 6.07) is 15.6. The molecule has 0 unspecified atom stereocenters. The van der Waals surface area contributed by atoms with Crippen LogP contribution in [0.15, 0.2) is 48.5 Å². The lowest BCUT2D eigenvalue weighted by atomic mass is 10.0. The number of aromatic nitrogens is 1. The number of aryl methyl sites for hydroxylation is 1. The van der Waals surface area contributed by atoms with E-state index in [9.17, 15) is 4.79 Å². The zero-order valence-corrected chi connectivity index (χ0v) is 15.5. The van der Waals surface area contributed by atoms with E-state index in [1.165, 1.54) is 0 Å². The number of hydrogen-bond acceptors (Lipinski definition) is 3. The van der Waals surface area contributed by atoms with Gasteiger partial charge in [0.2, 0.25) is 0 Å². The van der Waals surface area contributed by atoms with E-state index in [1.54, 1.807) is 7.11 Å². The molecule has 0 aliphatic rings. The lowest BCUT2D eigenvalue weighted by Crippen LogP contribution is -2.24. The maximum absolute atomic E-state index is 12.8. The van der Waals surface area contributed by atoms with Gasteiger partial charge in [0.05, 0.1) is 23.9 Å². The molecule has 0 aliphatic carbocycles. The number of pyridine rings is 1. The highest BCUT2D eigenvalue weighted by Crippen LogP contribution is 2.27. The third-order valence-electron chi connectivity index (χ3n) is 4.39. The first kappa shape index (κ1) is 17.9. The molecular formula is C22H24N2O2. The second-order valence-corrected chi connectivity index (χ2v) is 6.42. The molecule has 0 saturated heterocycles. The summed E-state index contributed by atoms with van der Waals surface area (Å²) in [4.78, 5) is 17.6. The van der Waals surface area contributed by atoms with E-state index in [-0.39, 0.29) is 5.91 Å². The van der Waals surface area contributed by atoms with E-state index in [4.69, 9.17) is 9.72 Å². The number of benzene rings is 2. The number of nitrogens with zero attached hydrogens (tertiary/aromatic N) is 1. The van der Waals surface area contributed by atoms with Gasteiger partial charge in [0.25, 0.3) is 5.91 Å². The number of amides is 1. The van der Waals surface area contributed by atoms with Crippen molar-refractivity contribution in [1.82, 2.24) is 10.3 Å². The number of carbonyl (C=O) groups is 1. The zero-order valence-electron chi connectivity index (χ0n) is 15.5. The molecule has 0 bridgehead atoms. The Morgan fingerprint density at radius 1 is 1.15 bits per heavy atom. The lowest BCUT2D eigenvalue weighted by Gasteiger charge is -2.12. The summed E-state index contributed by atoms with van der Waals surface area (Å²) in [5, 5.41) is 3.90. The zero-order chi connectivity index (χ0) is 18.5. The number of carbonyl (C=O) groups excluding carboxylic acids is 1. The fourth-order valence-corrected chi connectivity index (χ4v) is 2.93. The molecular weight excluding hydrogens is 324 g/mol. The topological polar surface area (TPSA) is 51.2 Å². The Morgan fingerprint density at radius 3 is 2.77 bits per heavy atom. The first-order valence-corrected chi connectivity index (χ1v) is 8.96. The van der Waals surface area contributed by atoms with Crippen molar-refractivity contribution >= 4 is 16.8 Å². The van der Waals surface area contributed by atoms with Crippen LogP contribution in [-0.2, 0) is 0 Å². The number of fused-ring (bicyclic) bond motifs is 1. The highest BCUT2D eigenvalue weighted by atomic mass is 16.5. The van der Waals surface area contributed by atoms with Crippen LogP contribution in [0.25, 0.3) is 22.2 Å². The van der Waals surface area contributed by atoms with Gasteiger partial charge in [-0.05, 0) is 43.7 Å². The number of hydrogen-bond donors (Lipinski definition) is 1. The lowest BCUT2D eigenvalue weighted by molar-refractivity contribution is 0.0955. The summed E-state index contributed by atoms with van der Waals surface area (Å²) in [5.74, 6) is 0.711. The van der Waals surface area contributed by atoms with Gasteiger partial charge in [0.1, 0.15) is 5.75 Å². The van der Waals surface area contributed by atoms with Gasteiger partial charge in [-0.3, -0.25) is 4.79 Å². The molecule has 1 N–H and O–H groups in total. The maximum Gasteiger partial charge on any atom is 0.252 e. The number of ether oxygens (including phenoxy) is 1. The minimum Gasteiger partial charge on any atom is -0.497 e. The molecule has 0 fully saturated rings. The second kappa shape index (κ2) is 8.00. The van der Waals surface area contributed by atoms with Gasteiger partial charge in [0, 0.05) is 17.5 Å². The van der Waals surface area contributed by atoms with E-state index >= 15 is 0 Å². The molecule has 4 nitrogen and oxygen atoms in total. The monoisotopic (exact) mass is 348 g/mol. The quantitative estimate of drug-likeness (QED) is 0.654. The largest absolute Gasteiger partial charge is 0.497 e. The van der Waals surface area contributed by atoms with Crippen molar-refractivity contribution in [2.45, 2.75) is 26.7 Å². The van der Waals surface area contributed by atoms with Crippen LogP contribution in [0.1, 0.15) is 35.7 Å². The van der Waals surface area contributed by atoms with E-state index in [2.05, 4.69) is 12.2 Å². The highest BCUT2D eigenvalue weighted by molar-refractivity contribution is 6.07. The first-order valence-electron chi connectivity index (χ1n) is 8.96. The van der Waals surface area contributed by atoms with Crippen LogP contribution in [0.5, 0.6) is 5.75 Å². The third-order valence-corrected chi connectivity index (χ3v) is 4.39. The summed E-state index contributed by atoms with van der Waals surface area (Å²) in [6.45, 7) is 4.81. The van der Waals surface area contributed by atoms with Gasteiger partial charge >= 0.3 is 0 Å². The Bertz CT molecular complexity index is 935. The maximum atomic E-state index is 12.8. The van der Waals surface area contributed by atoms with E-state index in [0.29, 0.717) is 12.1 Å². The van der Waals surface area contributed by atoms with Crippen LogP contribution in [0.3, 0.4) is 0 Å². The van der Waals surface area contributed by atoms with Crippen LogP contribution in [0, 0.1) is 6.92 Å². The van der Waals surface area contributed by atoms with Crippen molar-refractivity contribution in [1.29, 1.82) is 0 Å². The first-order chi connectivity index (χ1) is 12.6. The van der Waals surface area contributed by atoms with Crippen LogP contribution >= 0.6 is 0 Å². The van der Waals surface area contributed by atoms with E-state index in [0.717, 1.165) is 46.3 Å². The summed E-state index contributed by atoms with van der Waals surface area (Å²) in [5.41, 5.74) is 4.27. The van der Waals surface area contributed by atoms with Crippen molar-refractivity contribution in [3.63, 3.8) is 0 Å². The molecule has 134 valence electrons. The van der Waals surface area contributed by atoms with Crippen LogP contribution in [0.2, 0.25) is 0 Å². The standard InChI is InChI=1S/C22H24N2O2/c1-4-5-11-23-22(25)19-14-21(16-7-6-8-17(13-16)26-3)24-20-10-9-15(2)12-18(19)20/h6-10,12-14H,4-5,11H2,1-3H3,(H,23,25). The van der Waals surface area contributed by atoms with Crippen molar-refractivity contribution in [2.75, 3.05) is 13.7 Å². The Balaban J connectivity index is 2.10. The van der Waals surface area contributed by atoms with Crippen LogP contribution in [0.4, 0.5) is 0 Å². The Kier molecular flexibility index (Phi) is 5.52.